The molecule has 2 aliphatic carbocycles. The molecular weight excluding hydrogens is 971 g/mol. The highest BCUT2D eigenvalue weighted by Gasteiger charge is 2.61. The number of fused-ring (bicyclic) bond motifs is 3. The lowest BCUT2D eigenvalue weighted by atomic mass is 9.83. The van der Waals surface area contributed by atoms with Crippen molar-refractivity contribution in [3.05, 3.63) is 81.5 Å². The van der Waals surface area contributed by atoms with Gasteiger partial charge in [0.15, 0.2) is 23.5 Å². The van der Waals surface area contributed by atoms with Crippen LogP contribution < -0.4 is 15.4 Å². The summed E-state index contributed by atoms with van der Waals surface area (Å²) in [4.78, 5) is 65.1. The lowest BCUT2D eigenvalue weighted by molar-refractivity contribution is -0.322. The van der Waals surface area contributed by atoms with E-state index in [0.717, 1.165) is 36.0 Å². The zero-order chi connectivity index (χ0) is 51.7. The summed E-state index contributed by atoms with van der Waals surface area (Å²) in [7, 11) is 2.72. The molecule has 382 valence electrons. The van der Waals surface area contributed by atoms with Crippen LogP contribution in [0.3, 0.4) is 0 Å². The first-order valence-corrected chi connectivity index (χ1v) is 25.4. The van der Waals surface area contributed by atoms with Gasteiger partial charge in [0.1, 0.15) is 40.5 Å². The number of H-pyrrole nitrogens is 1. The van der Waals surface area contributed by atoms with E-state index in [1.165, 1.54) is 25.3 Å². The quantitative estimate of drug-likeness (QED) is 0.0302. The number of aliphatic hydroxyl groups is 2. The van der Waals surface area contributed by atoms with Gasteiger partial charge in [-0.3, -0.25) is 19.4 Å². The Balaban J connectivity index is 1.34. The van der Waals surface area contributed by atoms with Crippen LogP contribution in [0, 0.1) is 23.7 Å². The van der Waals surface area contributed by atoms with Crippen molar-refractivity contribution in [2.45, 2.75) is 113 Å². The molecule has 0 radical (unpaired) electrons. The molecule has 7 rings (SSSR count). The molecule has 3 aromatic rings. The van der Waals surface area contributed by atoms with E-state index in [4.69, 9.17) is 38.7 Å². The van der Waals surface area contributed by atoms with Crippen molar-refractivity contribution < 1.29 is 62.5 Å². The van der Waals surface area contributed by atoms with Gasteiger partial charge in [0.05, 0.1) is 56.7 Å². The number of hydrogen-bond acceptors (Lipinski definition) is 18. The Morgan fingerprint density at radius 1 is 1.15 bits per heavy atom. The molecule has 2 aliphatic heterocycles. The number of thioether (sulfide) groups is 2. The molecule has 72 heavy (non-hydrogen) atoms. The van der Waals surface area contributed by atoms with Gasteiger partial charge in [-0.25, -0.2) is 4.79 Å². The number of carbonyl (C=O) groups excluding carboxylic acids is 4. The Kier molecular flexibility index (Phi) is 18.3. The molecule has 0 saturated carbocycles. The van der Waals surface area contributed by atoms with E-state index in [1.807, 2.05) is 13.8 Å². The van der Waals surface area contributed by atoms with Crippen LogP contribution in [0.5, 0.6) is 5.75 Å². The van der Waals surface area contributed by atoms with Gasteiger partial charge in [-0.05, 0) is 60.7 Å². The number of aromatic nitrogens is 2. The van der Waals surface area contributed by atoms with Crippen LogP contribution in [0.4, 0.5) is 4.79 Å². The molecule has 4 aliphatic rings. The first kappa shape index (κ1) is 54.1. The van der Waals surface area contributed by atoms with Crippen molar-refractivity contribution in [1.29, 1.82) is 0 Å². The average Bonchev–Trinajstić information content (AvgIpc) is 3.73. The van der Waals surface area contributed by atoms with Gasteiger partial charge in [-0.15, -0.1) is 11.8 Å². The largest absolute Gasteiger partial charge is 0.493 e. The monoisotopic (exact) mass is 1030 g/mol. The molecule has 4 heterocycles. The number of amides is 1. The number of azide groups is 1. The molecule has 22 heteroatoms. The standard InChI is InChI=1S/C50H57N7O13S2/c1-26(2)54-35-25-67-40(24-39(35)64-5)70-45-47(62)50(71-7,46(61)44-43-30(16-18-52-44)33-22-29(14-15-34(33)55-43)66-20-19-53-57-51)27(3)68-48(45)69-38-13-11-9-8-10-12-32-41(38)31(17-21-72-28(4)58)36(59)23-37(60)42(32)56-49(63)65-6/h8-9,14-18,22,26-27,35-36,38-40,42,45,47-48,54-55,59,62H,19-21,23-25H2,1-7H3,(H,56,63)/b9-8-,31-17-/t27?,35?,36-,38-,39?,40?,42?,45?,47?,48?,50?/m0/s1. The normalized spacial score (nSPS) is 29.3. The number of alkyl carbamates (subject to hydrolysis) is 1. The van der Waals surface area contributed by atoms with E-state index in [2.05, 4.69) is 54.3 Å². The molecule has 2 saturated heterocycles. The summed E-state index contributed by atoms with van der Waals surface area (Å²) in [5.41, 5.74) is 10.0. The minimum Gasteiger partial charge on any atom is -0.493 e. The van der Waals surface area contributed by atoms with Gasteiger partial charge in [0.2, 0.25) is 5.78 Å². The third-order valence-electron chi connectivity index (χ3n) is 12.6. The van der Waals surface area contributed by atoms with Crippen molar-refractivity contribution in [1.82, 2.24) is 20.6 Å². The Labute approximate surface area is 424 Å². The van der Waals surface area contributed by atoms with Crippen molar-refractivity contribution in [3.63, 3.8) is 0 Å². The van der Waals surface area contributed by atoms with Crippen molar-refractivity contribution in [2.24, 2.45) is 5.11 Å². The van der Waals surface area contributed by atoms with Gasteiger partial charge in [0.25, 0.3) is 0 Å². The second kappa shape index (κ2) is 24.3. The third kappa shape index (κ3) is 11.7. The second-order valence-electron chi connectivity index (χ2n) is 17.4. The van der Waals surface area contributed by atoms with Crippen LogP contribution in [0.1, 0.15) is 51.0 Å². The lowest BCUT2D eigenvalue weighted by Gasteiger charge is -2.51. The van der Waals surface area contributed by atoms with Crippen LogP contribution in [0.25, 0.3) is 32.2 Å². The van der Waals surface area contributed by atoms with Gasteiger partial charge >= 0.3 is 6.09 Å². The molecule has 11 atom stereocenters. The maximum absolute atomic E-state index is 15.5. The molecule has 1 amide bonds. The Hall–Kier alpha value is -5.72. The summed E-state index contributed by atoms with van der Waals surface area (Å²) in [6.45, 7) is 7.47. The fraction of sp³-hybridized carbons (Fsp3) is 0.500. The molecule has 5 N–H and O–H groups in total. The van der Waals surface area contributed by atoms with Crippen LogP contribution in [0.15, 0.2) is 70.5 Å². The first-order chi connectivity index (χ1) is 34.6. The number of Topliss-reactive ketones (excluding diaryl/α,β-unsaturated/α-hetero) is 2. The van der Waals surface area contributed by atoms with E-state index in [9.17, 15) is 24.6 Å². The van der Waals surface area contributed by atoms with Gasteiger partial charge in [-0.2, -0.15) is 0 Å². The number of allylic oxidation sites excluding steroid dienone is 2. The number of rotatable bonds is 17. The molecule has 1 aromatic carbocycles. The van der Waals surface area contributed by atoms with Crippen LogP contribution >= 0.6 is 23.5 Å². The Morgan fingerprint density at radius 3 is 2.67 bits per heavy atom. The molecule has 0 bridgehead atoms. The minimum atomic E-state index is -1.83. The summed E-state index contributed by atoms with van der Waals surface area (Å²) in [5.74, 6) is 11.2. The minimum absolute atomic E-state index is 0.00854. The topological polar surface area (TPSA) is 275 Å². The molecule has 0 spiro atoms. The highest BCUT2D eigenvalue weighted by atomic mass is 32.2. The third-order valence-corrected chi connectivity index (χ3v) is 14.8. The maximum Gasteiger partial charge on any atom is 0.407 e. The van der Waals surface area contributed by atoms with E-state index >= 15 is 4.79 Å². The van der Waals surface area contributed by atoms with E-state index in [-0.39, 0.29) is 71.5 Å². The Morgan fingerprint density at radius 2 is 1.94 bits per heavy atom. The summed E-state index contributed by atoms with van der Waals surface area (Å²) < 4.78 is 41.5. The number of aliphatic hydroxyl groups excluding tert-OH is 2. The highest BCUT2D eigenvalue weighted by molar-refractivity contribution is 8.13. The van der Waals surface area contributed by atoms with Gasteiger partial charge in [0, 0.05) is 77.2 Å². The molecule has 20 nitrogen and oxygen atoms in total. The van der Waals surface area contributed by atoms with Crippen molar-refractivity contribution >= 4 is 68.1 Å². The molecular formula is C50H57N7O13S2. The van der Waals surface area contributed by atoms with Crippen molar-refractivity contribution in [2.75, 3.05) is 46.0 Å². The number of ketones is 2. The predicted molar refractivity (Wildman–Crippen MR) is 269 cm³/mol. The Bertz CT molecular complexity index is 2820. The SMILES string of the molecule is COC(=O)NC1C(=O)C[C@H](O)/C(=C/CSC(C)=O)C2=C1C#C/C=C\C#C[C@@H]2OC1OC(C)C(SC)(C(=O)c2nccc3c2[nH]c2ccc(OCCN=[N+]=[N-])cc23)C(O)C1OC1CC(OC)C(NC(C)C)CO1. The fourth-order valence-corrected chi connectivity index (χ4v) is 10.8. The number of aromatic amines is 1. The number of nitrogens with one attached hydrogen (secondary N) is 3. The summed E-state index contributed by atoms with van der Waals surface area (Å²) >= 11 is 2.01. The zero-order valence-corrected chi connectivity index (χ0v) is 42.3. The van der Waals surface area contributed by atoms with Gasteiger partial charge < -0.3 is 59.0 Å². The summed E-state index contributed by atoms with van der Waals surface area (Å²) in [6, 6.07) is 5.55. The lowest BCUT2D eigenvalue weighted by Crippen LogP contribution is -2.68. The van der Waals surface area contributed by atoms with E-state index in [1.54, 1.807) is 50.6 Å². The molecule has 2 fully saturated rings. The smallest absolute Gasteiger partial charge is 0.407 e. The van der Waals surface area contributed by atoms with Crippen LogP contribution in [-0.4, -0.2) is 161 Å². The second-order valence-corrected chi connectivity index (χ2v) is 19.7. The first-order valence-electron chi connectivity index (χ1n) is 23.1. The van der Waals surface area contributed by atoms with Crippen molar-refractivity contribution in [3.8, 4) is 29.4 Å². The van der Waals surface area contributed by atoms with Crippen LogP contribution in [0.2, 0.25) is 0 Å². The number of ether oxygens (including phenoxy) is 7. The van der Waals surface area contributed by atoms with Crippen LogP contribution in [-0.2, 0) is 38.0 Å². The highest BCUT2D eigenvalue weighted by Crippen LogP contribution is 2.46. The van der Waals surface area contributed by atoms with Gasteiger partial charge in [-0.1, -0.05) is 60.5 Å². The number of pyridine rings is 1. The number of carbonyl (C=O) groups is 4. The zero-order valence-electron chi connectivity index (χ0n) is 40.7. The molecule has 9 unspecified atom stereocenters. The fourth-order valence-electron chi connectivity index (χ4n) is 9.27. The number of nitrogens with zero attached hydrogens (tertiary/aromatic N) is 4. The molecule has 2 aromatic heterocycles. The summed E-state index contributed by atoms with van der Waals surface area (Å²) in [5, 5.41) is 35.6. The van der Waals surface area contributed by atoms with E-state index in [0.29, 0.717) is 22.2 Å². The number of hydrogen-bond donors (Lipinski definition) is 5. The number of benzene rings is 1. The number of methoxy groups -OCH3 is 2. The summed E-state index contributed by atoms with van der Waals surface area (Å²) in [6.07, 6.45) is -3.88. The maximum atomic E-state index is 15.5. The predicted octanol–water partition coefficient (Wildman–Crippen LogP) is 4.83. The van der Waals surface area contributed by atoms with E-state index < -0.39 is 84.1 Å². The average molecular weight is 1030 g/mol.